The summed E-state index contributed by atoms with van der Waals surface area (Å²) < 4.78 is 33.9. The third kappa shape index (κ3) is 7.60. The van der Waals surface area contributed by atoms with Crippen molar-refractivity contribution in [1.82, 2.24) is 10.2 Å². The molecule has 0 heterocycles. The molecule has 0 radical (unpaired) electrons. The lowest BCUT2D eigenvalue weighted by atomic mass is 10.1. The Kier molecular flexibility index (Phi) is 10.5. The van der Waals surface area contributed by atoms with Gasteiger partial charge in [0, 0.05) is 12.6 Å². The van der Waals surface area contributed by atoms with Gasteiger partial charge in [-0.25, -0.2) is 8.42 Å². The second kappa shape index (κ2) is 13.8. The number of nitrogens with zero attached hydrogens (tertiary/aromatic N) is 2. The number of hydrogen-bond donors (Lipinski definition) is 1. The van der Waals surface area contributed by atoms with E-state index in [4.69, 9.17) is 4.74 Å². The number of para-hydroxylation sites is 1. The smallest absolute Gasteiger partial charge is 0.264 e. The van der Waals surface area contributed by atoms with E-state index in [1.807, 2.05) is 32.9 Å². The van der Waals surface area contributed by atoms with E-state index in [2.05, 4.69) is 5.32 Å². The van der Waals surface area contributed by atoms with Gasteiger partial charge < -0.3 is 15.0 Å². The SMILES string of the molecule is CC[C@H](C(=O)N[C@@H](C)CC)N(Cc1cccc(OC)c1)C(=O)CN(c1ccccc1)S(=O)(=O)c1ccccc1. The topological polar surface area (TPSA) is 96.0 Å². The second-order valence-corrected chi connectivity index (χ2v) is 11.1. The summed E-state index contributed by atoms with van der Waals surface area (Å²) in [7, 11) is -2.52. The monoisotopic (exact) mass is 551 g/mol. The summed E-state index contributed by atoms with van der Waals surface area (Å²) in [4.78, 5) is 28.9. The van der Waals surface area contributed by atoms with E-state index in [1.54, 1.807) is 67.8 Å². The van der Waals surface area contributed by atoms with Crippen LogP contribution in [0.5, 0.6) is 5.75 Å². The number of carbonyl (C=O) groups excluding carboxylic acids is 2. The van der Waals surface area contributed by atoms with E-state index in [0.29, 0.717) is 17.9 Å². The van der Waals surface area contributed by atoms with Gasteiger partial charge in [0.25, 0.3) is 10.0 Å². The molecule has 1 N–H and O–H groups in total. The summed E-state index contributed by atoms with van der Waals surface area (Å²) in [6.45, 7) is 5.34. The Balaban J connectivity index is 2.03. The summed E-state index contributed by atoms with van der Waals surface area (Å²) in [5.74, 6) is -0.151. The molecule has 2 atom stereocenters. The molecule has 0 aromatic heterocycles. The molecule has 0 spiro atoms. The maximum absolute atomic E-state index is 14.0. The first-order valence-electron chi connectivity index (χ1n) is 13.1. The average Bonchev–Trinajstić information content (AvgIpc) is 2.96. The summed E-state index contributed by atoms with van der Waals surface area (Å²) in [6.07, 6.45) is 1.10. The Morgan fingerprint density at radius 2 is 1.54 bits per heavy atom. The minimum Gasteiger partial charge on any atom is -0.497 e. The highest BCUT2D eigenvalue weighted by Gasteiger charge is 2.33. The summed E-state index contributed by atoms with van der Waals surface area (Å²) >= 11 is 0. The molecule has 0 unspecified atom stereocenters. The van der Waals surface area contributed by atoms with Gasteiger partial charge in [-0.2, -0.15) is 0 Å². The molecule has 0 bridgehead atoms. The van der Waals surface area contributed by atoms with Crippen LogP contribution in [-0.4, -0.2) is 50.9 Å². The predicted octanol–water partition coefficient (Wildman–Crippen LogP) is 4.61. The number of rotatable bonds is 13. The first-order chi connectivity index (χ1) is 18.7. The molecule has 0 saturated carbocycles. The first-order valence-corrected chi connectivity index (χ1v) is 14.5. The van der Waals surface area contributed by atoms with Crippen LogP contribution >= 0.6 is 0 Å². The molecule has 39 heavy (non-hydrogen) atoms. The van der Waals surface area contributed by atoms with Gasteiger partial charge >= 0.3 is 0 Å². The molecule has 8 nitrogen and oxygen atoms in total. The Labute approximate surface area is 231 Å². The van der Waals surface area contributed by atoms with Gasteiger partial charge in [0.1, 0.15) is 18.3 Å². The van der Waals surface area contributed by atoms with Crippen LogP contribution < -0.4 is 14.4 Å². The summed E-state index contributed by atoms with van der Waals surface area (Å²) in [6, 6.07) is 22.9. The molecule has 2 amide bonds. The quantitative estimate of drug-likeness (QED) is 0.335. The number of benzene rings is 3. The van der Waals surface area contributed by atoms with Crippen LogP contribution in [-0.2, 0) is 26.2 Å². The van der Waals surface area contributed by atoms with E-state index < -0.39 is 28.5 Å². The van der Waals surface area contributed by atoms with Crippen molar-refractivity contribution in [2.75, 3.05) is 18.0 Å². The third-order valence-electron chi connectivity index (χ3n) is 6.53. The minimum absolute atomic E-state index is 0.0698. The highest BCUT2D eigenvalue weighted by Crippen LogP contribution is 2.25. The number of amides is 2. The van der Waals surface area contributed by atoms with Crippen molar-refractivity contribution < 1.29 is 22.7 Å². The van der Waals surface area contributed by atoms with Crippen LogP contribution in [0.25, 0.3) is 0 Å². The average molecular weight is 552 g/mol. The van der Waals surface area contributed by atoms with Crippen LogP contribution in [0.2, 0.25) is 0 Å². The van der Waals surface area contributed by atoms with Gasteiger partial charge in [-0.15, -0.1) is 0 Å². The molecular weight excluding hydrogens is 514 g/mol. The van der Waals surface area contributed by atoms with Gasteiger partial charge in [-0.3, -0.25) is 13.9 Å². The minimum atomic E-state index is -4.08. The van der Waals surface area contributed by atoms with Crippen LogP contribution in [0.1, 0.15) is 39.2 Å². The predicted molar refractivity (Wildman–Crippen MR) is 153 cm³/mol. The molecule has 0 aliphatic rings. The first kappa shape index (κ1) is 29.7. The molecule has 0 aliphatic heterocycles. The van der Waals surface area contributed by atoms with Crippen molar-refractivity contribution in [3.8, 4) is 5.75 Å². The molecule has 0 aliphatic carbocycles. The van der Waals surface area contributed by atoms with Crippen molar-refractivity contribution in [2.24, 2.45) is 0 Å². The molecule has 0 fully saturated rings. The maximum atomic E-state index is 14.0. The molecule has 3 rings (SSSR count). The van der Waals surface area contributed by atoms with E-state index >= 15 is 0 Å². The van der Waals surface area contributed by atoms with E-state index in [1.165, 1.54) is 17.0 Å². The highest BCUT2D eigenvalue weighted by atomic mass is 32.2. The Morgan fingerprint density at radius 1 is 0.897 bits per heavy atom. The fourth-order valence-electron chi connectivity index (χ4n) is 4.17. The van der Waals surface area contributed by atoms with Gasteiger partial charge in [-0.1, -0.05) is 62.4 Å². The number of ether oxygens (including phenoxy) is 1. The lowest BCUT2D eigenvalue weighted by Gasteiger charge is -2.33. The molecule has 9 heteroatoms. The standard InChI is InChI=1S/C30H37N3O5S/c1-5-23(3)31-30(35)28(6-2)32(21-24-14-13-17-26(20-24)38-4)29(34)22-33(25-15-9-7-10-16-25)39(36,37)27-18-11-8-12-19-27/h7-20,23,28H,5-6,21-22H2,1-4H3,(H,31,35)/t23-,28+/m0/s1. The zero-order valence-corrected chi connectivity index (χ0v) is 23.7. The van der Waals surface area contributed by atoms with Crippen molar-refractivity contribution in [2.45, 2.75) is 57.1 Å². The molecule has 208 valence electrons. The number of carbonyl (C=O) groups is 2. The van der Waals surface area contributed by atoms with E-state index in [0.717, 1.165) is 16.3 Å². The van der Waals surface area contributed by atoms with Crippen LogP contribution in [0.15, 0.2) is 89.8 Å². The van der Waals surface area contributed by atoms with Crippen LogP contribution in [0, 0.1) is 0 Å². The molecule has 3 aromatic carbocycles. The normalized spacial score (nSPS) is 12.7. The van der Waals surface area contributed by atoms with Crippen molar-refractivity contribution >= 4 is 27.5 Å². The number of nitrogens with one attached hydrogen (secondary N) is 1. The van der Waals surface area contributed by atoms with Gasteiger partial charge in [0.2, 0.25) is 11.8 Å². The number of anilines is 1. The molecule has 3 aromatic rings. The fraction of sp³-hybridized carbons (Fsp3) is 0.333. The third-order valence-corrected chi connectivity index (χ3v) is 8.32. The Bertz CT molecular complexity index is 1330. The largest absolute Gasteiger partial charge is 0.497 e. The van der Waals surface area contributed by atoms with Gasteiger partial charge in [0.05, 0.1) is 17.7 Å². The van der Waals surface area contributed by atoms with Crippen LogP contribution in [0.4, 0.5) is 5.69 Å². The summed E-state index contributed by atoms with van der Waals surface area (Å²) in [5.41, 5.74) is 1.11. The molecular formula is C30H37N3O5S. The molecule has 0 saturated heterocycles. The van der Waals surface area contributed by atoms with Gasteiger partial charge in [0.15, 0.2) is 0 Å². The van der Waals surface area contributed by atoms with Gasteiger partial charge in [-0.05, 0) is 61.7 Å². The lowest BCUT2D eigenvalue weighted by Crippen LogP contribution is -2.53. The second-order valence-electron chi connectivity index (χ2n) is 9.28. The van der Waals surface area contributed by atoms with Crippen molar-refractivity contribution in [1.29, 1.82) is 0 Å². The Hall–Kier alpha value is -3.85. The number of hydrogen-bond acceptors (Lipinski definition) is 5. The number of methoxy groups -OCH3 is 1. The summed E-state index contributed by atoms with van der Waals surface area (Å²) in [5, 5.41) is 2.98. The fourth-order valence-corrected chi connectivity index (χ4v) is 5.61. The zero-order chi connectivity index (χ0) is 28.4. The maximum Gasteiger partial charge on any atom is 0.264 e. The van der Waals surface area contributed by atoms with Crippen molar-refractivity contribution in [3.63, 3.8) is 0 Å². The van der Waals surface area contributed by atoms with Crippen LogP contribution in [0.3, 0.4) is 0 Å². The lowest BCUT2D eigenvalue weighted by molar-refractivity contribution is -0.140. The van der Waals surface area contributed by atoms with E-state index in [9.17, 15) is 18.0 Å². The zero-order valence-electron chi connectivity index (χ0n) is 22.9. The Morgan fingerprint density at radius 3 is 2.13 bits per heavy atom. The van der Waals surface area contributed by atoms with E-state index in [-0.39, 0.29) is 23.4 Å². The van der Waals surface area contributed by atoms with Crippen molar-refractivity contribution in [3.05, 3.63) is 90.5 Å². The highest BCUT2D eigenvalue weighted by molar-refractivity contribution is 7.92. The number of sulfonamides is 1.